The number of rotatable bonds is 7. The molecule has 1 heterocycles. The van der Waals surface area contributed by atoms with Crippen molar-refractivity contribution in [2.45, 2.75) is 51.6 Å². The molecule has 5 rings (SSSR count). The number of nitrogens with two attached hydrogens (primary N) is 1. The second-order valence-electron chi connectivity index (χ2n) is 9.34. The van der Waals surface area contributed by atoms with Crippen LogP contribution in [0, 0.1) is 23.2 Å². The second kappa shape index (κ2) is 7.76. The van der Waals surface area contributed by atoms with E-state index in [0.717, 1.165) is 17.8 Å². The van der Waals surface area contributed by atoms with E-state index in [4.69, 9.17) is 10.5 Å². The summed E-state index contributed by atoms with van der Waals surface area (Å²) in [6.45, 7) is -0.260. The molecule has 0 radical (unpaired) electrons. The number of nitrogen functional groups attached to an aromatic ring is 1. The highest BCUT2D eigenvalue weighted by Gasteiger charge is 2.51. The molecule has 4 bridgehead atoms. The lowest BCUT2D eigenvalue weighted by atomic mass is 9.49. The van der Waals surface area contributed by atoms with Crippen LogP contribution in [-0.4, -0.2) is 47.5 Å². The van der Waals surface area contributed by atoms with Gasteiger partial charge in [-0.15, -0.1) is 0 Å². The Labute approximate surface area is 170 Å². The molecule has 4 fully saturated rings. The zero-order chi connectivity index (χ0) is 20.6. The van der Waals surface area contributed by atoms with Gasteiger partial charge in [-0.3, -0.25) is 9.59 Å². The summed E-state index contributed by atoms with van der Waals surface area (Å²) >= 11 is 0. The summed E-state index contributed by atoms with van der Waals surface area (Å²) in [6, 6.07) is 0. The lowest BCUT2D eigenvalue weighted by molar-refractivity contribution is -0.146. The molecule has 0 aliphatic heterocycles. The van der Waals surface area contributed by atoms with Gasteiger partial charge in [-0.05, 0) is 61.7 Å². The second-order valence-corrected chi connectivity index (χ2v) is 9.34. The number of carbonyl (C=O) groups is 2. The third-order valence-electron chi connectivity index (χ3n) is 6.58. The largest absolute Gasteiger partial charge is 0.456 e. The van der Waals surface area contributed by atoms with E-state index in [9.17, 15) is 9.59 Å². The van der Waals surface area contributed by atoms with Gasteiger partial charge in [-0.2, -0.15) is 15.0 Å². The number of amides is 1. The van der Waals surface area contributed by atoms with E-state index in [-0.39, 0.29) is 36.2 Å². The molecule has 3 N–H and O–H groups in total. The van der Waals surface area contributed by atoms with Gasteiger partial charge in [0.05, 0.1) is 0 Å². The molecule has 4 aliphatic carbocycles. The number of hydrogen-bond acceptors (Lipinski definition) is 8. The van der Waals surface area contributed by atoms with Crippen molar-refractivity contribution in [2.75, 3.05) is 31.3 Å². The third kappa shape index (κ3) is 4.59. The summed E-state index contributed by atoms with van der Waals surface area (Å²) in [5.74, 6) is 2.58. The van der Waals surface area contributed by atoms with Gasteiger partial charge in [-0.1, -0.05) is 0 Å². The Balaban J connectivity index is 1.23. The Morgan fingerprint density at radius 3 is 2.31 bits per heavy atom. The summed E-state index contributed by atoms with van der Waals surface area (Å²) in [6.07, 6.45) is 8.10. The fourth-order valence-corrected chi connectivity index (χ4v) is 5.97. The first-order chi connectivity index (χ1) is 13.8. The molecule has 0 spiro atoms. The van der Waals surface area contributed by atoms with Crippen molar-refractivity contribution in [1.82, 2.24) is 20.3 Å². The van der Waals surface area contributed by atoms with E-state index in [0.29, 0.717) is 12.4 Å². The molecule has 158 valence electrons. The number of ether oxygens (including phenoxy) is 1. The fourth-order valence-electron chi connectivity index (χ4n) is 5.97. The Bertz CT molecular complexity index is 761. The van der Waals surface area contributed by atoms with Crippen molar-refractivity contribution >= 4 is 23.8 Å². The van der Waals surface area contributed by atoms with E-state index in [1.807, 2.05) is 0 Å². The molecular formula is C20H30N6O3. The smallest absolute Gasteiger partial charge is 0.325 e. The normalized spacial score (nSPS) is 29.5. The standard InChI is InChI=1S/C20H30N6O3/c1-26(2)19-24-15(23-18(21)25-19)11-29-17(28)10-22-16(27)9-20-6-12-3-13(7-20)5-14(4-12)8-20/h12-14H,3-11H2,1-2H3,(H,22,27)(H2,21,23,24,25). The molecule has 0 aromatic carbocycles. The molecule has 1 aromatic heterocycles. The van der Waals surface area contributed by atoms with Crippen LogP contribution in [0.25, 0.3) is 0 Å². The van der Waals surface area contributed by atoms with Crippen LogP contribution in [0.2, 0.25) is 0 Å². The SMILES string of the molecule is CN(C)c1nc(N)nc(COC(=O)CNC(=O)CC23CC4CC(CC(C4)C2)C3)n1. The van der Waals surface area contributed by atoms with Gasteiger partial charge in [0.25, 0.3) is 0 Å². The number of esters is 1. The zero-order valence-electron chi connectivity index (χ0n) is 17.2. The minimum atomic E-state index is -0.519. The highest BCUT2D eigenvalue weighted by Crippen LogP contribution is 2.61. The predicted molar refractivity (Wildman–Crippen MR) is 107 cm³/mol. The molecule has 4 aliphatic rings. The van der Waals surface area contributed by atoms with Crippen LogP contribution >= 0.6 is 0 Å². The van der Waals surface area contributed by atoms with Gasteiger partial charge >= 0.3 is 5.97 Å². The topological polar surface area (TPSA) is 123 Å². The van der Waals surface area contributed by atoms with Crippen molar-refractivity contribution < 1.29 is 14.3 Å². The molecule has 1 aromatic rings. The van der Waals surface area contributed by atoms with Crippen LogP contribution in [0.3, 0.4) is 0 Å². The number of aromatic nitrogens is 3. The van der Waals surface area contributed by atoms with E-state index in [2.05, 4.69) is 20.3 Å². The van der Waals surface area contributed by atoms with Gasteiger partial charge in [-0.25, -0.2) is 0 Å². The van der Waals surface area contributed by atoms with Crippen LogP contribution in [0.4, 0.5) is 11.9 Å². The monoisotopic (exact) mass is 402 g/mol. The maximum absolute atomic E-state index is 12.5. The Kier molecular flexibility index (Phi) is 5.31. The average molecular weight is 402 g/mol. The van der Waals surface area contributed by atoms with Gasteiger partial charge in [0.1, 0.15) is 6.54 Å². The van der Waals surface area contributed by atoms with Crippen molar-refractivity contribution in [3.8, 4) is 0 Å². The highest BCUT2D eigenvalue weighted by molar-refractivity contribution is 5.82. The fraction of sp³-hybridized carbons (Fsp3) is 0.750. The van der Waals surface area contributed by atoms with Crippen molar-refractivity contribution in [1.29, 1.82) is 0 Å². The quantitative estimate of drug-likeness (QED) is 0.654. The minimum absolute atomic E-state index is 0.0526. The maximum Gasteiger partial charge on any atom is 0.325 e. The first kappa shape index (κ1) is 19.8. The Morgan fingerprint density at radius 2 is 1.72 bits per heavy atom. The molecule has 1 amide bonds. The molecule has 0 atom stereocenters. The maximum atomic E-state index is 12.5. The lowest BCUT2D eigenvalue weighted by Gasteiger charge is -2.56. The number of hydrogen-bond donors (Lipinski definition) is 2. The summed E-state index contributed by atoms with van der Waals surface area (Å²) in [7, 11) is 3.56. The summed E-state index contributed by atoms with van der Waals surface area (Å²) < 4.78 is 5.18. The third-order valence-corrected chi connectivity index (χ3v) is 6.58. The molecule has 9 heteroatoms. The van der Waals surface area contributed by atoms with E-state index < -0.39 is 5.97 Å². The summed E-state index contributed by atoms with van der Waals surface area (Å²) in [5.41, 5.74) is 5.82. The average Bonchev–Trinajstić information content (AvgIpc) is 2.62. The van der Waals surface area contributed by atoms with Crippen LogP contribution in [0.15, 0.2) is 0 Å². The minimum Gasteiger partial charge on any atom is -0.456 e. The molecule has 9 nitrogen and oxygen atoms in total. The molecule has 0 saturated heterocycles. The molecule has 0 unspecified atom stereocenters. The number of anilines is 2. The van der Waals surface area contributed by atoms with Crippen molar-refractivity contribution in [3.63, 3.8) is 0 Å². The van der Waals surface area contributed by atoms with Gasteiger partial charge in [0.2, 0.25) is 17.8 Å². The highest BCUT2D eigenvalue weighted by atomic mass is 16.5. The van der Waals surface area contributed by atoms with E-state index >= 15 is 0 Å². The van der Waals surface area contributed by atoms with E-state index in [1.54, 1.807) is 19.0 Å². The first-order valence-electron chi connectivity index (χ1n) is 10.4. The predicted octanol–water partition coefficient (Wildman–Crippen LogP) is 1.29. The van der Waals surface area contributed by atoms with Crippen molar-refractivity contribution in [3.05, 3.63) is 5.82 Å². The Hall–Kier alpha value is -2.45. The summed E-state index contributed by atoms with van der Waals surface area (Å²) in [4.78, 5) is 38.4. The van der Waals surface area contributed by atoms with Crippen LogP contribution in [-0.2, 0) is 20.9 Å². The first-order valence-corrected chi connectivity index (χ1v) is 10.4. The van der Waals surface area contributed by atoms with Gasteiger partial charge in [0.15, 0.2) is 12.4 Å². The zero-order valence-corrected chi connectivity index (χ0v) is 17.2. The van der Waals surface area contributed by atoms with Crippen LogP contribution in [0.5, 0.6) is 0 Å². The van der Waals surface area contributed by atoms with E-state index in [1.165, 1.54) is 38.5 Å². The van der Waals surface area contributed by atoms with Crippen LogP contribution in [0.1, 0.15) is 50.8 Å². The molecule has 29 heavy (non-hydrogen) atoms. The number of nitrogens with one attached hydrogen (secondary N) is 1. The van der Waals surface area contributed by atoms with Crippen LogP contribution < -0.4 is 16.0 Å². The number of nitrogens with zero attached hydrogens (tertiary/aromatic N) is 4. The lowest BCUT2D eigenvalue weighted by Crippen LogP contribution is -2.48. The number of carbonyl (C=O) groups excluding carboxylic acids is 2. The Morgan fingerprint density at radius 1 is 1.10 bits per heavy atom. The summed E-state index contributed by atoms with van der Waals surface area (Å²) in [5, 5.41) is 2.74. The van der Waals surface area contributed by atoms with Crippen molar-refractivity contribution in [2.24, 2.45) is 23.2 Å². The van der Waals surface area contributed by atoms with Gasteiger partial charge < -0.3 is 20.7 Å². The molecule has 4 saturated carbocycles. The van der Waals surface area contributed by atoms with Gasteiger partial charge in [0, 0.05) is 20.5 Å². The molecular weight excluding hydrogens is 372 g/mol.